The van der Waals surface area contributed by atoms with E-state index in [0.29, 0.717) is 30.8 Å². The highest BCUT2D eigenvalue weighted by Gasteiger charge is 2.30. The summed E-state index contributed by atoms with van der Waals surface area (Å²) in [7, 11) is 1.86. The molecule has 8 heteroatoms. The van der Waals surface area contributed by atoms with Gasteiger partial charge in [0.15, 0.2) is 5.84 Å². The number of likely N-dealkylation sites (N-methyl/N-ethyl adjacent to an activating group) is 1. The standard InChI is InChI=1S/C24H30FN5O2/c1-3-29-8-4-5-18(12-29)26-19-11-20-14-28(2)27-24(30(20)13-19)23-21(25)9-17(16-6-7-16)10-22(23)32-15-31/h9-11,13,15-16,18,26H,3-8,12,14H2,1-2H3/t18-/m1/s1. The van der Waals surface area contributed by atoms with Gasteiger partial charge in [0.2, 0.25) is 0 Å². The number of hydrogen-bond acceptors (Lipinski definition) is 6. The lowest BCUT2D eigenvalue weighted by molar-refractivity contribution is -0.120. The minimum atomic E-state index is -0.416. The van der Waals surface area contributed by atoms with E-state index in [4.69, 9.17) is 4.74 Å². The maximum absolute atomic E-state index is 15.4. The Morgan fingerprint density at radius 1 is 1.28 bits per heavy atom. The van der Waals surface area contributed by atoms with Crippen molar-refractivity contribution in [2.24, 2.45) is 5.10 Å². The fourth-order valence-electron chi connectivity index (χ4n) is 4.87. The number of nitrogens with one attached hydrogen (secondary N) is 1. The Labute approximate surface area is 187 Å². The van der Waals surface area contributed by atoms with Crippen LogP contribution in [0.5, 0.6) is 5.75 Å². The summed E-state index contributed by atoms with van der Waals surface area (Å²) in [5.41, 5.74) is 3.09. The zero-order chi connectivity index (χ0) is 22.2. The van der Waals surface area contributed by atoms with E-state index >= 15 is 4.39 Å². The lowest BCUT2D eigenvalue weighted by atomic mass is 10.0. The Bertz CT molecular complexity index is 1050. The molecule has 0 spiro atoms. The molecule has 5 rings (SSSR count). The van der Waals surface area contributed by atoms with Crippen molar-refractivity contribution >= 4 is 18.0 Å². The number of fused-ring (bicyclic) bond motifs is 1. The number of piperidine rings is 1. The average molecular weight is 440 g/mol. The van der Waals surface area contributed by atoms with Crippen LogP contribution in [-0.2, 0) is 11.3 Å². The van der Waals surface area contributed by atoms with Gasteiger partial charge >= 0.3 is 0 Å². The highest BCUT2D eigenvalue weighted by Crippen LogP contribution is 2.42. The molecular formula is C24H30FN5O2. The second kappa shape index (κ2) is 8.58. The lowest BCUT2D eigenvalue weighted by Gasteiger charge is -2.32. The molecule has 2 fully saturated rings. The number of hydrazone groups is 1. The number of nitrogens with zero attached hydrogens (tertiary/aromatic N) is 4. The minimum Gasteiger partial charge on any atom is -0.428 e. The molecule has 0 radical (unpaired) electrons. The summed E-state index contributed by atoms with van der Waals surface area (Å²) < 4.78 is 22.5. The molecule has 3 aliphatic rings. The van der Waals surface area contributed by atoms with Gasteiger partial charge in [0, 0.05) is 31.5 Å². The van der Waals surface area contributed by atoms with Gasteiger partial charge in [0.05, 0.1) is 17.8 Å². The van der Waals surface area contributed by atoms with Gasteiger partial charge < -0.3 is 15.0 Å². The van der Waals surface area contributed by atoms with Gasteiger partial charge in [-0.3, -0.25) is 14.4 Å². The first kappa shape index (κ1) is 21.0. The Kier molecular flexibility index (Phi) is 5.63. The number of ether oxygens (including phenoxy) is 1. The predicted molar refractivity (Wildman–Crippen MR) is 122 cm³/mol. The van der Waals surface area contributed by atoms with Crippen LogP contribution in [0.1, 0.15) is 55.3 Å². The SMILES string of the molecule is CCN1CCC[C@@H](Nc2cc3n(c2)C(c2c(F)cc(C4CC4)cc2OC=O)=NN(C)C3)C1. The van der Waals surface area contributed by atoms with Gasteiger partial charge in [0.25, 0.3) is 6.47 Å². The van der Waals surface area contributed by atoms with Gasteiger partial charge in [0.1, 0.15) is 11.6 Å². The number of rotatable bonds is 7. The van der Waals surface area contributed by atoms with Crippen LogP contribution in [0.4, 0.5) is 10.1 Å². The fourth-order valence-corrected chi connectivity index (χ4v) is 4.87. The van der Waals surface area contributed by atoms with Crippen LogP contribution in [0.25, 0.3) is 0 Å². The molecule has 0 unspecified atom stereocenters. The predicted octanol–water partition coefficient (Wildman–Crippen LogP) is 3.59. The molecule has 1 atom stereocenters. The molecule has 2 aliphatic heterocycles. The van der Waals surface area contributed by atoms with Crippen LogP contribution < -0.4 is 10.1 Å². The summed E-state index contributed by atoms with van der Waals surface area (Å²) in [4.78, 5) is 13.6. The molecule has 1 N–H and O–H groups in total. The molecule has 1 saturated carbocycles. The van der Waals surface area contributed by atoms with Crippen molar-refractivity contribution in [2.45, 2.75) is 51.1 Å². The molecule has 32 heavy (non-hydrogen) atoms. The van der Waals surface area contributed by atoms with E-state index in [1.807, 2.05) is 17.8 Å². The van der Waals surface area contributed by atoms with E-state index in [9.17, 15) is 4.79 Å². The number of hydrogen-bond donors (Lipinski definition) is 1. The number of carbonyl (C=O) groups excluding carboxylic acids is 1. The molecule has 1 saturated heterocycles. The molecule has 0 bridgehead atoms. The van der Waals surface area contributed by atoms with Crippen molar-refractivity contribution in [1.29, 1.82) is 0 Å². The summed E-state index contributed by atoms with van der Waals surface area (Å²) >= 11 is 0. The lowest BCUT2D eigenvalue weighted by Crippen LogP contribution is -2.41. The van der Waals surface area contributed by atoms with Gasteiger partial charge in [-0.05, 0) is 68.5 Å². The van der Waals surface area contributed by atoms with Crippen molar-refractivity contribution in [1.82, 2.24) is 14.5 Å². The molecule has 1 aromatic heterocycles. The summed E-state index contributed by atoms with van der Waals surface area (Å²) in [6.07, 6.45) is 6.36. The third-order valence-corrected chi connectivity index (χ3v) is 6.63. The van der Waals surface area contributed by atoms with E-state index in [-0.39, 0.29) is 11.3 Å². The summed E-state index contributed by atoms with van der Waals surface area (Å²) in [6, 6.07) is 5.83. The molecule has 170 valence electrons. The van der Waals surface area contributed by atoms with E-state index in [1.54, 1.807) is 17.1 Å². The smallest absolute Gasteiger partial charge is 0.298 e. The van der Waals surface area contributed by atoms with Gasteiger partial charge in [-0.25, -0.2) is 4.39 Å². The Morgan fingerprint density at radius 3 is 2.88 bits per heavy atom. The van der Waals surface area contributed by atoms with Crippen molar-refractivity contribution in [2.75, 3.05) is 32.0 Å². The summed E-state index contributed by atoms with van der Waals surface area (Å²) in [5, 5.41) is 10.1. The number of carbonyl (C=O) groups is 1. The normalized spacial score (nSPS) is 21.2. The maximum atomic E-state index is 15.4. The summed E-state index contributed by atoms with van der Waals surface area (Å²) in [5.74, 6) is 0.577. The topological polar surface area (TPSA) is 62.1 Å². The van der Waals surface area contributed by atoms with E-state index in [1.165, 1.54) is 6.42 Å². The molecule has 1 aromatic carbocycles. The molecule has 2 aromatic rings. The first-order chi connectivity index (χ1) is 15.6. The van der Waals surface area contributed by atoms with Crippen LogP contribution in [0.15, 0.2) is 29.5 Å². The van der Waals surface area contributed by atoms with Crippen molar-refractivity contribution in [3.05, 3.63) is 47.0 Å². The first-order valence-electron chi connectivity index (χ1n) is 11.5. The third kappa shape index (κ3) is 4.11. The highest BCUT2D eigenvalue weighted by atomic mass is 19.1. The summed E-state index contributed by atoms with van der Waals surface area (Å²) in [6.45, 7) is 6.39. The Morgan fingerprint density at radius 2 is 2.12 bits per heavy atom. The fraction of sp³-hybridized carbons (Fsp3) is 0.500. The number of likely N-dealkylation sites (tertiary alicyclic amines) is 1. The van der Waals surface area contributed by atoms with Crippen LogP contribution in [0.2, 0.25) is 0 Å². The van der Waals surface area contributed by atoms with Crippen LogP contribution in [-0.4, -0.2) is 59.5 Å². The monoisotopic (exact) mass is 439 g/mol. The second-order valence-corrected chi connectivity index (χ2v) is 9.07. The van der Waals surface area contributed by atoms with E-state index < -0.39 is 5.82 Å². The second-order valence-electron chi connectivity index (χ2n) is 9.07. The molecule has 7 nitrogen and oxygen atoms in total. The molecule has 3 heterocycles. The molecule has 0 amide bonds. The van der Waals surface area contributed by atoms with Crippen molar-refractivity contribution < 1.29 is 13.9 Å². The Balaban J connectivity index is 1.48. The van der Waals surface area contributed by atoms with Crippen LogP contribution >= 0.6 is 0 Å². The van der Waals surface area contributed by atoms with Gasteiger partial charge in [-0.2, -0.15) is 5.10 Å². The van der Waals surface area contributed by atoms with Crippen molar-refractivity contribution in [3.8, 4) is 5.75 Å². The number of halogens is 1. The quantitative estimate of drug-likeness (QED) is 0.668. The van der Waals surface area contributed by atoms with Crippen LogP contribution in [0.3, 0.4) is 0 Å². The number of anilines is 1. The van der Waals surface area contributed by atoms with Crippen LogP contribution in [0, 0.1) is 5.82 Å². The van der Waals surface area contributed by atoms with Gasteiger partial charge in [-0.15, -0.1) is 0 Å². The first-order valence-corrected chi connectivity index (χ1v) is 11.5. The van der Waals surface area contributed by atoms with E-state index in [0.717, 1.165) is 55.8 Å². The number of aromatic nitrogens is 1. The average Bonchev–Trinajstić information content (AvgIpc) is 3.54. The van der Waals surface area contributed by atoms with E-state index in [2.05, 4.69) is 28.3 Å². The number of benzene rings is 1. The molecular weight excluding hydrogens is 409 g/mol. The zero-order valence-electron chi connectivity index (χ0n) is 18.7. The minimum absolute atomic E-state index is 0.214. The highest BCUT2D eigenvalue weighted by molar-refractivity contribution is 6.04. The van der Waals surface area contributed by atoms with Gasteiger partial charge in [-0.1, -0.05) is 6.92 Å². The maximum Gasteiger partial charge on any atom is 0.298 e. The zero-order valence-corrected chi connectivity index (χ0v) is 18.7. The molecule has 1 aliphatic carbocycles. The largest absolute Gasteiger partial charge is 0.428 e. The third-order valence-electron chi connectivity index (χ3n) is 6.63. The van der Waals surface area contributed by atoms with Crippen molar-refractivity contribution in [3.63, 3.8) is 0 Å². The Hall–Kier alpha value is -2.87.